The molecule has 1 aliphatic heterocycles. The lowest BCUT2D eigenvalue weighted by Gasteiger charge is -2.44. The van der Waals surface area contributed by atoms with E-state index in [1.54, 1.807) is 6.92 Å². The summed E-state index contributed by atoms with van der Waals surface area (Å²) in [5.41, 5.74) is -3.82. The van der Waals surface area contributed by atoms with Gasteiger partial charge < -0.3 is 39.7 Å². The van der Waals surface area contributed by atoms with Crippen molar-refractivity contribution in [2.45, 2.75) is 62.7 Å². The van der Waals surface area contributed by atoms with Gasteiger partial charge in [0.25, 0.3) is 0 Å². The highest BCUT2D eigenvalue weighted by Gasteiger charge is 2.55. The number of benzene rings is 2. The van der Waals surface area contributed by atoms with Crippen molar-refractivity contribution < 1.29 is 54.1 Å². The molecule has 1 fully saturated rings. The second kappa shape index (κ2) is 8.69. The molecule has 196 valence electrons. The minimum absolute atomic E-state index is 0.0857. The van der Waals surface area contributed by atoms with Crippen LogP contribution in [0.5, 0.6) is 11.5 Å². The maximum Gasteiger partial charge on any atom is 0.201 e. The van der Waals surface area contributed by atoms with E-state index in [1.807, 2.05) is 0 Å². The molecule has 0 aromatic heterocycles. The first-order chi connectivity index (χ1) is 17.4. The molecule has 5 rings (SSSR count). The number of methoxy groups -OCH3 is 1. The molecule has 0 radical (unpaired) electrons. The molecule has 37 heavy (non-hydrogen) atoms. The third-order valence-electron chi connectivity index (χ3n) is 7.37. The van der Waals surface area contributed by atoms with Gasteiger partial charge in [-0.3, -0.25) is 14.4 Å². The number of phenols is 2. The van der Waals surface area contributed by atoms with Gasteiger partial charge in [-0.25, -0.2) is 0 Å². The molecule has 5 N–H and O–H groups in total. The van der Waals surface area contributed by atoms with Gasteiger partial charge in [-0.05, 0) is 26.0 Å². The molecule has 1 heterocycles. The van der Waals surface area contributed by atoms with Crippen LogP contribution >= 0.6 is 0 Å². The smallest absolute Gasteiger partial charge is 0.201 e. The third kappa shape index (κ3) is 3.62. The predicted molar refractivity (Wildman–Crippen MR) is 124 cm³/mol. The second-order valence-electron chi connectivity index (χ2n) is 9.74. The largest absolute Gasteiger partial charge is 0.507 e. The fourth-order valence-electron chi connectivity index (χ4n) is 5.36. The zero-order chi connectivity index (χ0) is 27.0. The number of aliphatic hydroxyl groups excluding tert-OH is 2. The van der Waals surface area contributed by atoms with Crippen LogP contribution in [-0.2, 0) is 14.2 Å². The molecule has 1 saturated heterocycles. The standard InChI is InChI=1S/C26H26O11/c1-9-14(28)8-15(29)25(36-9)37-22-18-12(23(33)26(2,34)24(22)35-3)7-11-17(21(18)32)20(31)16-10(19(11)30)5-4-6-13(16)27/h4-7,9,14-15,22,24-25,27-29,32,34H,8H2,1-3H3/t9-,14+,15+,22+,24-,25-,26+/m0/s1. The van der Waals surface area contributed by atoms with E-state index in [4.69, 9.17) is 14.2 Å². The van der Waals surface area contributed by atoms with Crippen LogP contribution in [0, 0.1) is 0 Å². The van der Waals surface area contributed by atoms with Gasteiger partial charge in [-0.2, -0.15) is 0 Å². The van der Waals surface area contributed by atoms with Crippen LogP contribution in [0.2, 0.25) is 0 Å². The maximum atomic E-state index is 13.4. The Labute approximate surface area is 210 Å². The Hall–Kier alpha value is -3.19. The first-order valence-corrected chi connectivity index (χ1v) is 11.7. The quantitative estimate of drug-likeness (QED) is 0.333. The van der Waals surface area contributed by atoms with E-state index >= 15 is 0 Å². The number of hydrogen-bond acceptors (Lipinski definition) is 11. The zero-order valence-electron chi connectivity index (χ0n) is 20.2. The molecule has 0 amide bonds. The minimum Gasteiger partial charge on any atom is -0.507 e. The highest BCUT2D eigenvalue weighted by atomic mass is 16.7. The van der Waals surface area contributed by atoms with Crippen LogP contribution in [0.4, 0.5) is 0 Å². The highest BCUT2D eigenvalue weighted by Crippen LogP contribution is 2.49. The van der Waals surface area contributed by atoms with Crippen LogP contribution < -0.4 is 0 Å². The van der Waals surface area contributed by atoms with Gasteiger partial charge in [0.2, 0.25) is 5.78 Å². The number of ketones is 3. The number of Topliss-reactive ketones (excluding diaryl/α,β-unsaturated/α-hetero) is 1. The van der Waals surface area contributed by atoms with E-state index in [0.29, 0.717) is 0 Å². The fraction of sp³-hybridized carbons (Fsp3) is 0.423. The lowest BCUT2D eigenvalue weighted by molar-refractivity contribution is -0.293. The van der Waals surface area contributed by atoms with Crippen LogP contribution in [0.15, 0.2) is 24.3 Å². The van der Waals surface area contributed by atoms with Crippen LogP contribution in [0.1, 0.15) is 74.1 Å². The highest BCUT2D eigenvalue weighted by molar-refractivity contribution is 6.31. The SMILES string of the molecule is CO[C@H]1[C@H](O[C@@H]2O[C@@H](C)[C@H](O)C[C@H]2O)c2c(cc3c(c2O)C(=O)c2c(O)cccc2C3=O)C(=O)[C@@]1(C)O. The van der Waals surface area contributed by atoms with Crippen molar-refractivity contribution >= 4 is 17.3 Å². The summed E-state index contributed by atoms with van der Waals surface area (Å²) in [7, 11) is 1.21. The summed E-state index contributed by atoms with van der Waals surface area (Å²) >= 11 is 0. The number of carbonyl (C=O) groups excluding carboxylic acids is 3. The molecule has 2 aromatic carbocycles. The van der Waals surface area contributed by atoms with Crippen molar-refractivity contribution in [3.63, 3.8) is 0 Å². The third-order valence-corrected chi connectivity index (χ3v) is 7.37. The molecule has 7 atom stereocenters. The number of fused-ring (bicyclic) bond motifs is 3. The molecule has 0 unspecified atom stereocenters. The van der Waals surface area contributed by atoms with Crippen LogP contribution in [0.3, 0.4) is 0 Å². The summed E-state index contributed by atoms with van der Waals surface area (Å²) in [6.07, 6.45) is -7.31. The van der Waals surface area contributed by atoms with E-state index in [0.717, 1.165) is 6.07 Å². The Morgan fingerprint density at radius 3 is 2.38 bits per heavy atom. The summed E-state index contributed by atoms with van der Waals surface area (Å²) in [6, 6.07) is 5.08. The van der Waals surface area contributed by atoms with Gasteiger partial charge in [0, 0.05) is 35.8 Å². The van der Waals surface area contributed by atoms with Crippen molar-refractivity contribution in [3.8, 4) is 11.5 Å². The van der Waals surface area contributed by atoms with Crippen LogP contribution in [-0.4, -0.2) is 86.3 Å². The molecule has 0 spiro atoms. The normalized spacial score (nSPS) is 33.1. The van der Waals surface area contributed by atoms with Crippen molar-refractivity contribution in [2.24, 2.45) is 0 Å². The number of phenolic OH excluding ortho intramolecular Hbond substituents is 2. The minimum atomic E-state index is -2.20. The van der Waals surface area contributed by atoms with Gasteiger partial charge in [0.15, 0.2) is 23.5 Å². The fourth-order valence-corrected chi connectivity index (χ4v) is 5.36. The molecule has 11 nitrogen and oxygen atoms in total. The number of ether oxygens (including phenoxy) is 3. The van der Waals surface area contributed by atoms with Crippen molar-refractivity contribution in [1.29, 1.82) is 0 Å². The number of aromatic hydroxyl groups is 2. The molecule has 3 aliphatic rings. The van der Waals surface area contributed by atoms with Gasteiger partial charge in [0.1, 0.15) is 29.8 Å². The summed E-state index contributed by atoms with van der Waals surface area (Å²) in [5, 5.41) is 53.3. The Morgan fingerprint density at radius 2 is 1.70 bits per heavy atom. The molecule has 11 heteroatoms. The van der Waals surface area contributed by atoms with E-state index < -0.39 is 76.8 Å². The summed E-state index contributed by atoms with van der Waals surface area (Å²) in [4.78, 5) is 40.0. The summed E-state index contributed by atoms with van der Waals surface area (Å²) in [6.45, 7) is 2.75. The summed E-state index contributed by atoms with van der Waals surface area (Å²) in [5.74, 6) is -3.64. The van der Waals surface area contributed by atoms with Gasteiger partial charge in [-0.15, -0.1) is 0 Å². The molecule has 0 bridgehead atoms. The molecule has 2 aliphatic carbocycles. The number of carbonyl (C=O) groups is 3. The monoisotopic (exact) mass is 514 g/mol. The number of aliphatic hydroxyl groups is 3. The second-order valence-corrected chi connectivity index (χ2v) is 9.74. The van der Waals surface area contributed by atoms with Gasteiger partial charge in [0.05, 0.1) is 23.3 Å². The van der Waals surface area contributed by atoms with Gasteiger partial charge in [-0.1, -0.05) is 12.1 Å². The molecule has 2 aromatic rings. The number of rotatable bonds is 3. The Kier molecular flexibility index (Phi) is 5.98. The van der Waals surface area contributed by atoms with Crippen molar-refractivity contribution in [1.82, 2.24) is 0 Å². The van der Waals surface area contributed by atoms with E-state index in [9.17, 15) is 39.9 Å². The summed E-state index contributed by atoms with van der Waals surface area (Å²) < 4.78 is 17.0. The van der Waals surface area contributed by atoms with E-state index in [2.05, 4.69) is 0 Å². The first-order valence-electron chi connectivity index (χ1n) is 11.7. The lowest BCUT2D eigenvalue weighted by Crippen LogP contribution is -2.57. The Morgan fingerprint density at radius 1 is 1.00 bits per heavy atom. The van der Waals surface area contributed by atoms with Crippen LogP contribution in [0.25, 0.3) is 0 Å². The van der Waals surface area contributed by atoms with Crippen molar-refractivity contribution in [2.75, 3.05) is 7.11 Å². The molecular weight excluding hydrogens is 488 g/mol. The average Bonchev–Trinajstić information content (AvgIpc) is 2.83. The maximum absolute atomic E-state index is 13.4. The number of hydrogen-bond donors (Lipinski definition) is 5. The zero-order valence-corrected chi connectivity index (χ0v) is 20.2. The Bertz CT molecular complexity index is 1330. The van der Waals surface area contributed by atoms with Crippen molar-refractivity contribution in [3.05, 3.63) is 57.6 Å². The lowest BCUT2D eigenvalue weighted by atomic mass is 9.72. The first kappa shape index (κ1) is 25.5. The average molecular weight is 514 g/mol. The predicted octanol–water partition coefficient (Wildman–Crippen LogP) is 0.750. The molecular formula is C26H26O11. The Balaban J connectivity index is 1.71. The van der Waals surface area contributed by atoms with E-state index in [-0.39, 0.29) is 34.2 Å². The molecule has 0 saturated carbocycles. The van der Waals surface area contributed by atoms with Gasteiger partial charge >= 0.3 is 0 Å². The van der Waals surface area contributed by atoms with E-state index in [1.165, 1.54) is 32.2 Å². The topological polar surface area (TPSA) is 180 Å².